The van der Waals surface area contributed by atoms with Crippen molar-refractivity contribution in [2.24, 2.45) is 0 Å². The van der Waals surface area contributed by atoms with Gasteiger partial charge in [-0.3, -0.25) is 29.2 Å². The summed E-state index contributed by atoms with van der Waals surface area (Å²) in [7, 11) is 16.6. The first kappa shape index (κ1) is 73.8. The molecule has 0 aliphatic carbocycles. The number of aromatic nitrogens is 2. The van der Waals surface area contributed by atoms with Gasteiger partial charge in [-0.1, -0.05) is 48.5 Å². The number of pyridine rings is 2. The molecule has 4 bridgehead atoms. The number of benzene rings is 6. The molecule has 9 atom stereocenters. The van der Waals surface area contributed by atoms with E-state index in [1.54, 1.807) is 47.7 Å². The molecule has 2 amide bonds. The van der Waals surface area contributed by atoms with Crippen LogP contribution in [0.1, 0.15) is 125 Å². The summed E-state index contributed by atoms with van der Waals surface area (Å²) in [6.07, 6.45) is 4.51. The molecule has 25 heteroatoms. The van der Waals surface area contributed by atoms with Crippen molar-refractivity contribution < 1.29 is 72.6 Å². The van der Waals surface area contributed by atoms with Crippen molar-refractivity contribution in [2.45, 2.75) is 121 Å². The smallest absolute Gasteiger partial charge is 0.269 e. The van der Waals surface area contributed by atoms with Crippen LogP contribution in [-0.4, -0.2) is 204 Å². The van der Waals surface area contributed by atoms with Crippen LogP contribution in [0.15, 0.2) is 72.8 Å². The van der Waals surface area contributed by atoms with E-state index in [0.717, 1.165) is 68.6 Å². The summed E-state index contributed by atoms with van der Waals surface area (Å²) in [4.78, 5) is 45.5. The van der Waals surface area contributed by atoms with Gasteiger partial charge in [-0.25, -0.2) is 9.97 Å². The van der Waals surface area contributed by atoms with Crippen molar-refractivity contribution in [2.75, 3.05) is 104 Å². The quantitative estimate of drug-likeness (QED) is 0.0552. The molecular formula is C79H91BN9O15. The molecule has 3 saturated heterocycles. The number of methoxy groups -OCH3 is 8. The summed E-state index contributed by atoms with van der Waals surface area (Å²) in [6.45, 7) is 10.3. The van der Waals surface area contributed by atoms with Crippen molar-refractivity contribution in [1.29, 1.82) is 5.26 Å². The molecule has 3 fully saturated rings. The van der Waals surface area contributed by atoms with Crippen molar-refractivity contribution in [3.8, 4) is 75.1 Å². The van der Waals surface area contributed by atoms with Crippen molar-refractivity contribution >= 4 is 42.0 Å². The molecular weight excluding hydrogens is 1330 g/mol. The number of piperazine rings is 2. The second-order valence-electron chi connectivity index (χ2n) is 27.4. The van der Waals surface area contributed by atoms with E-state index in [-0.39, 0.29) is 91.9 Å². The molecule has 7 aliphatic heterocycles. The first-order chi connectivity index (χ1) is 49.7. The summed E-state index contributed by atoms with van der Waals surface area (Å²) in [5.74, 6) is 3.32. The predicted molar refractivity (Wildman–Crippen MR) is 392 cm³/mol. The summed E-state index contributed by atoms with van der Waals surface area (Å²) in [6, 6.07) is 21.7. The number of phenols is 4. The highest BCUT2D eigenvalue weighted by atomic mass is 16.5. The highest BCUT2D eigenvalue weighted by Gasteiger charge is 2.58. The first-order valence-electron chi connectivity index (χ1n) is 34.8. The number of rotatable bonds is 14. The van der Waals surface area contributed by atoms with Crippen LogP contribution in [0.4, 0.5) is 0 Å². The number of para-hydroxylation sites is 2. The van der Waals surface area contributed by atoms with Crippen LogP contribution in [-0.2, 0) is 30.4 Å². The van der Waals surface area contributed by atoms with E-state index in [0.29, 0.717) is 111 Å². The van der Waals surface area contributed by atoms with E-state index in [4.69, 9.17) is 42.6 Å². The van der Waals surface area contributed by atoms with Gasteiger partial charge in [0.15, 0.2) is 46.0 Å². The number of phenolic OH excluding ortho intramolecular Hbond substituents is 4. The highest BCUT2D eigenvalue weighted by molar-refractivity contribution is 5.96. The molecule has 2 aromatic heterocycles. The molecule has 24 nitrogen and oxygen atoms in total. The number of carbonyl (C=O) groups excluding carboxylic acids is 2. The molecule has 6 aromatic carbocycles. The van der Waals surface area contributed by atoms with Crippen LogP contribution in [0.5, 0.6) is 69.0 Å². The Kier molecular flexibility index (Phi) is 21.3. The number of hydrogen-bond donors (Lipinski definition) is 6. The molecule has 0 unspecified atom stereocenters. The maximum atomic E-state index is 13.7. The average Bonchev–Trinajstić information content (AvgIpc) is 0.763. The second kappa shape index (κ2) is 30.0. The third kappa shape index (κ3) is 12.1. The maximum absolute atomic E-state index is 13.7. The van der Waals surface area contributed by atoms with E-state index in [1.807, 2.05) is 95.4 Å². The van der Waals surface area contributed by atoms with Crippen LogP contribution in [0.3, 0.4) is 0 Å². The summed E-state index contributed by atoms with van der Waals surface area (Å²) < 4.78 is 51.6. The standard InChI is InChI=1S/C38H41N5O7.C37H42N4O7.C4H8O.B/c1-18-34(47-4)21-15-26-31-30-22(35(48-5)19(2)37(50-7)33(30)45)14-25(42(31)3)27(16-39)43(26)28(29(21)32(44)36(18)49-6)17-40-38(46)24-13-12-20-10-8-9-11-23(20)41-24;1-18-33(45-4)22-14-21-17-41-26(30(40(21)3)29(22)32(43)36(18)48-7)15-23-28(31(42)35(47-6)19(2)34(23)46-5)27(41)16-38-37(44)25-13-12-20-10-8-9-11-24(20)39-25;1-2-4-5-3-1;/h8-13,25-28,31,44-45H,14-15,17H2,1-7H3,(H,40,46);8-13,21,26-27,30,42-43H,14-17H2,1-7H3,(H,38,44);1-4H2;/t25-,26-,27-,28-,31-;21-,26-,27-,30-;;/m00../s1. The molecule has 104 heavy (non-hydrogen) atoms. The fourth-order valence-electron chi connectivity index (χ4n) is 18.0. The lowest BCUT2D eigenvalue weighted by Gasteiger charge is -2.60. The molecule has 3 radical (unpaired) electrons. The van der Waals surface area contributed by atoms with Crippen LogP contribution >= 0.6 is 0 Å². The van der Waals surface area contributed by atoms with Crippen LogP contribution in [0, 0.1) is 39.0 Å². The zero-order chi connectivity index (χ0) is 73.1. The fourth-order valence-corrected chi connectivity index (χ4v) is 18.0. The Morgan fingerprint density at radius 1 is 0.500 bits per heavy atom. The van der Waals surface area contributed by atoms with Crippen molar-refractivity contribution in [3.63, 3.8) is 0 Å². The number of nitrogens with one attached hydrogen (secondary N) is 2. The third-order valence-electron chi connectivity index (χ3n) is 22.5. The number of ether oxygens (including phenoxy) is 9. The fraction of sp³-hybridized carbons (Fsp3) is 0.430. The van der Waals surface area contributed by atoms with E-state index < -0.39 is 30.2 Å². The Labute approximate surface area is 607 Å². The van der Waals surface area contributed by atoms with Gasteiger partial charge < -0.3 is 73.7 Å². The van der Waals surface area contributed by atoms with E-state index in [1.165, 1.54) is 34.2 Å². The Hall–Kier alpha value is -9.97. The molecule has 0 saturated carbocycles. The van der Waals surface area contributed by atoms with Gasteiger partial charge >= 0.3 is 0 Å². The van der Waals surface area contributed by atoms with Gasteiger partial charge in [0.2, 0.25) is 0 Å². The topological polar surface area (TPSA) is 285 Å². The lowest BCUT2D eigenvalue weighted by molar-refractivity contribution is -0.0724. The number of nitrogens with zero attached hydrogens (tertiary/aromatic N) is 7. The highest BCUT2D eigenvalue weighted by Crippen LogP contribution is 2.61. The number of amides is 2. The van der Waals surface area contributed by atoms with E-state index >= 15 is 0 Å². The van der Waals surface area contributed by atoms with Gasteiger partial charge in [0.05, 0.1) is 98.1 Å². The van der Waals surface area contributed by atoms with Crippen LogP contribution in [0.2, 0.25) is 0 Å². The van der Waals surface area contributed by atoms with Crippen LogP contribution < -0.4 is 48.5 Å². The molecule has 9 heterocycles. The Balaban J connectivity index is 0.000000182. The average molecular weight is 1420 g/mol. The van der Waals surface area contributed by atoms with Gasteiger partial charge in [-0.2, -0.15) is 5.26 Å². The summed E-state index contributed by atoms with van der Waals surface area (Å²) in [5.41, 5.74) is 10.9. The zero-order valence-corrected chi connectivity index (χ0v) is 61.4. The van der Waals surface area contributed by atoms with E-state index in [9.17, 15) is 35.3 Å². The Bertz CT molecular complexity index is 4690. The minimum absolute atomic E-state index is 0. The maximum Gasteiger partial charge on any atom is 0.269 e. The van der Waals surface area contributed by atoms with Gasteiger partial charge in [0.25, 0.3) is 11.8 Å². The Morgan fingerprint density at radius 3 is 1.30 bits per heavy atom. The molecule has 0 spiro atoms. The normalized spacial score (nSPS) is 21.9. The van der Waals surface area contributed by atoms with Gasteiger partial charge in [0, 0.05) is 143 Å². The lowest BCUT2D eigenvalue weighted by atomic mass is 9.71. The number of carbonyl (C=O) groups is 2. The summed E-state index contributed by atoms with van der Waals surface area (Å²) in [5, 5.41) is 66.3. The molecule has 7 aliphatic rings. The predicted octanol–water partition coefficient (Wildman–Crippen LogP) is 9.52. The number of fused-ring (bicyclic) bond motifs is 16. The SMILES string of the molecule is C1CCOC1.COc1c(C)c(OC)c2c(c1O)[C@@H]1[C@@H]3Cc4c(OC)c(C)c(OC)c(O)c4[C@H](CNC(=O)c4ccc5ccccc5n4)N3C[C@H](C2)N1C.COc1c(C)c(OC)c2c(c1O)[C@@H]1[C@@H]3Cc4c(OC)c(C)c(OC)c(O)c4[C@H](CNC(=O)c4ccc5ccccc5n4)N3[C@@H](C#N)[C@H](C2)N1C.[B]. The van der Waals surface area contributed by atoms with E-state index in [2.05, 4.69) is 53.3 Å². The molecule has 6 N–H and O–H groups in total. The first-order valence-corrected chi connectivity index (χ1v) is 34.8. The van der Waals surface area contributed by atoms with Gasteiger partial charge in [-0.15, -0.1) is 0 Å². The van der Waals surface area contributed by atoms with Crippen molar-refractivity contribution in [3.05, 3.63) is 151 Å². The minimum atomic E-state index is -0.683. The minimum Gasteiger partial charge on any atom is -0.504 e. The van der Waals surface area contributed by atoms with Gasteiger partial charge in [-0.05, 0) is 105 Å². The molecule has 545 valence electrons. The van der Waals surface area contributed by atoms with Crippen LogP contribution in [0.25, 0.3) is 21.8 Å². The molecule has 8 aromatic rings. The number of likely N-dealkylation sites (N-methyl/N-ethyl adjacent to an activating group) is 2. The zero-order valence-electron chi connectivity index (χ0n) is 61.4. The number of hydrogen-bond acceptors (Lipinski definition) is 22. The largest absolute Gasteiger partial charge is 0.504 e. The molecule has 15 rings (SSSR count). The summed E-state index contributed by atoms with van der Waals surface area (Å²) >= 11 is 0. The number of nitriles is 1. The number of aromatic hydroxyl groups is 4. The Morgan fingerprint density at radius 2 is 0.875 bits per heavy atom. The van der Waals surface area contributed by atoms with Crippen molar-refractivity contribution in [1.82, 2.24) is 40.2 Å². The third-order valence-corrected chi connectivity index (χ3v) is 22.5. The second-order valence-corrected chi connectivity index (χ2v) is 27.4. The van der Waals surface area contributed by atoms with Gasteiger partial charge in [0.1, 0.15) is 40.4 Å². The lowest BCUT2D eigenvalue weighted by Crippen LogP contribution is -2.68. The monoisotopic (exact) mass is 1420 g/mol.